The molecule has 1 saturated carbocycles. The summed E-state index contributed by atoms with van der Waals surface area (Å²) in [5, 5.41) is 6.53. The van der Waals surface area contributed by atoms with E-state index in [0.717, 1.165) is 18.0 Å². The van der Waals surface area contributed by atoms with Gasteiger partial charge in [-0.15, -0.1) is 0 Å². The molecule has 10 heteroatoms. The second-order valence-electron chi connectivity index (χ2n) is 8.63. The fraction of sp³-hybridized carbons (Fsp3) is 0.292. The van der Waals surface area contributed by atoms with Crippen LogP contribution in [0.25, 0.3) is 0 Å². The van der Waals surface area contributed by atoms with Gasteiger partial charge in [-0.05, 0) is 47.6 Å². The van der Waals surface area contributed by atoms with Crippen molar-refractivity contribution in [3.63, 3.8) is 0 Å². The average molecular weight is 486 g/mol. The van der Waals surface area contributed by atoms with Crippen molar-refractivity contribution in [2.24, 2.45) is 5.92 Å². The third kappa shape index (κ3) is 3.98. The van der Waals surface area contributed by atoms with E-state index in [4.69, 9.17) is 4.11 Å². The molecule has 0 spiro atoms. The molecule has 2 aromatic carbocycles. The molecule has 3 atom stereocenters. The number of fused-ring (bicyclic) bond motifs is 3. The lowest BCUT2D eigenvalue weighted by atomic mass is 10.1. The number of carbonyl (C=O) groups is 2. The third-order valence-electron chi connectivity index (χ3n) is 6.23. The van der Waals surface area contributed by atoms with Gasteiger partial charge in [0.05, 0.1) is 17.6 Å². The van der Waals surface area contributed by atoms with E-state index in [2.05, 4.69) is 10.4 Å². The highest BCUT2D eigenvalue weighted by molar-refractivity contribution is 7.90. The number of hydrogen-bond donors (Lipinski definition) is 1. The summed E-state index contributed by atoms with van der Waals surface area (Å²) in [6, 6.07) is 11.8. The van der Waals surface area contributed by atoms with Gasteiger partial charge in [0.2, 0.25) is 5.91 Å². The van der Waals surface area contributed by atoms with Crippen LogP contribution >= 0.6 is 0 Å². The molecule has 5 rings (SSSR count). The molecule has 0 saturated heterocycles. The molecular formula is C24H23FN4O4S. The third-order valence-corrected chi connectivity index (χ3v) is 7.34. The summed E-state index contributed by atoms with van der Waals surface area (Å²) >= 11 is 0. The van der Waals surface area contributed by atoms with Gasteiger partial charge in [-0.25, -0.2) is 12.8 Å². The zero-order valence-corrected chi connectivity index (χ0v) is 18.9. The fourth-order valence-electron chi connectivity index (χ4n) is 4.43. The van der Waals surface area contributed by atoms with Crippen LogP contribution in [-0.4, -0.2) is 49.3 Å². The number of halogens is 1. The Labute approximate surface area is 200 Å². The predicted octanol–water partition coefficient (Wildman–Crippen LogP) is 2.35. The van der Waals surface area contributed by atoms with Gasteiger partial charge in [0.25, 0.3) is 5.91 Å². The number of amides is 2. The molecule has 2 heterocycles. The highest BCUT2D eigenvalue weighted by Gasteiger charge is 2.52. The van der Waals surface area contributed by atoms with Crippen LogP contribution in [0, 0.1) is 11.7 Å². The smallest absolute Gasteiger partial charge is 0.275 e. The Hall–Kier alpha value is -3.53. The van der Waals surface area contributed by atoms with Crippen LogP contribution in [0.5, 0.6) is 0 Å². The van der Waals surface area contributed by atoms with Gasteiger partial charge in [-0.2, -0.15) is 5.10 Å². The lowest BCUT2D eigenvalue weighted by Crippen LogP contribution is -2.48. The van der Waals surface area contributed by atoms with Crippen molar-refractivity contribution < 1.29 is 26.5 Å². The number of anilines is 1. The summed E-state index contributed by atoms with van der Waals surface area (Å²) in [6.07, 6.45) is 2.54. The Morgan fingerprint density at radius 2 is 2.03 bits per heavy atom. The molecule has 1 aliphatic heterocycles. The summed E-state index contributed by atoms with van der Waals surface area (Å²) in [5.41, 5.74) is 0.811. The molecule has 3 aromatic rings. The van der Waals surface area contributed by atoms with Crippen LogP contribution in [0.1, 0.15) is 38.1 Å². The largest absolute Gasteiger partial charge is 0.338 e. The molecule has 34 heavy (non-hydrogen) atoms. The maximum absolute atomic E-state index is 14.7. The molecular weight excluding hydrogens is 459 g/mol. The first-order chi connectivity index (χ1) is 17.3. The van der Waals surface area contributed by atoms with Crippen LogP contribution in [-0.2, 0) is 21.2 Å². The molecule has 1 aliphatic carbocycles. The second kappa shape index (κ2) is 8.05. The summed E-state index contributed by atoms with van der Waals surface area (Å²) in [5.74, 6) is -3.53. The van der Waals surface area contributed by atoms with Crippen molar-refractivity contribution in [1.29, 1.82) is 0 Å². The molecule has 0 bridgehead atoms. The number of likely N-dealkylation sites (N-methyl/N-ethyl adjacent to an activating group) is 1. The van der Waals surface area contributed by atoms with Crippen LogP contribution < -0.4 is 10.2 Å². The number of sulfone groups is 1. The number of aromatic nitrogens is 2. The van der Waals surface area contributed by atoms with Crippen molar-refractivity contribution in [3.8, 4) is 0 Å². The number of hydrogen-bond acceptors (Lipinski definition) is 5. The average Bonchev–Trinajstić information content (AvgIpc) is 3.52. The van der Waals surface area contributed by atoms with Gasteiger partial charge >= 0.3 is 0 Å². The van der Waals surface area contributed by atoms with Gasteiger partial charge < -0.3 is 10.2 Å². The highest BCUT2D eigenvalue weighted by atomic mass is 32.2. The Balaban J connectivity index is 1.45. The van der Waals surface area contributed by atoms with Gasteiger partial charge in [0, 0.05) is 23.0 Å². The Morgan fingerprint density at radius 3 is 2.74 bits per heavy atom. The molecule has 8 nitrogen and oxygen atoms in total. The number of nitrogens with zero attached hydrogens (tertiary/aromatic N) is 3. The molecule has 2 aliphatic rings. The zero-order chi connectivity index (χ0) is 26.7. The van der Waals surface area contributed by atoms with Crippen LogP contribution in [0.3, 0.4) is 0 Å². The SMILES string of the molecule is [2H]C([2H])([2H])N1C(=O)[C@@H](NC(=O)c2nn(Cc3ccccc3)cc2F)[C@H]2C[C@H]2c2cc(S(C)(=O)=O)ccc21. The minimum Gasteiger partial charge on any atom is -0.338 e. The normalized spacial score (nSPS) is 23.1. The van der Waals surface area contributed by atoms with E-state index >= 15 is 0 Å². The zero-order valence-electron chi connectivity index (χ0n) is 21.1. The van der Waals surface area contributed by atoms with Crippen LogP contribution in [0.4, 0.5) is 10.1 Å². The minimum absolute atomic E-state index is 0.00310. The van der Waals surface area contributed by atoms with Crippen LogP contribution in [0.2, 0.25) is 0 Å². The molecule has 1 aromatic heterocycles. The lowest BCUT2D eigenvalue weighted by Gasteiger charge is -2.23. The number of nitrogens with one attached hydrogen (secondary N) is 1. The van der Waals surface area contributed by atoms with Gasteiger partial charge in [0.1, 0.15) is 6.04 Å². The summed E-state index contributed by atoms with van der Waals surface area (Å²) in [7, 11) is -3.58. The quantitative estimate of drug-likeness (QED) is 0.598. The van der Waals surface area contributed by atoms with E-state index in [1.54, 1.807) is 0 Å². The fourth-order valence-corrected chi connectivity index (χ4v) is 5.08. The van der Waals surface area contributed by atoms with E-state index in [-0.39, 0.29) is 23.0 Å². The Bertz CT molecular complexity index is 1510. The first-order valence-electron chi connectivity index (χ1n) is 12.1. The molecule has 0 radical (unpaired) electrons. The van der Waals surface area contributed by atoms with Crippen molar-refractivity contribution in [1.82, 2.24) is 15.1 Å². The summed E-state index contributed by atoms with van der Waals surface area (Å²) < 4.78 is 64.0. The Morgan fingerprint density at radius 1 is 1.26 bits per heavy atom. The predicted molar refractivity (Wildman–Crippen MR) is 123 cm³/mol. The van der Waals surface area contributed by atoms with Crippen molar-refractivity contribution in [2.45, 2.75) is 29.8 Å². The van der Waals surface area contributed by atoms with Crippen LogP contribution in [0.15, 0.2) is 59.6 Å². The Kier molecular flexibility index (Phi) is 4.46. The van der Waals surface area contributed by atoms with Gasteiger partial charge in [-0.1, -0.05) is 30.3 Å². The van der Waals surface area contributed by atoms with Crippen molar-refractivity contribution in [3.05, 3.63) is 77.4 Å². The van der Waals surface area contributed by atoms with E-state index < -0.39 is 52.1 Å². The molecule has 1 N–H and O–H groups in total. The summed E-state index contributed by atoms with van der Waals surface area (Å²) in [4.78, 5) is 27.1. The maximum atomic E-state index is 14.7. The van der Waals surface area contributed by atoms with Crippen molar-refractivity contribution >= 4 is 27.3 Å². The number of benzene rings is 2. The molecule has 176 valence electrons. The second-order valence-corrected chi connectivity index (χ2v) is 10.6. The highest BCUT2D eigenvalue weighted by Crippen LogP contribution is 2.54. The lowest BCUT2D eigenvalue weighted by molar-refractivity contribution is -0.120. The van der Waals surface area contributed by atoms with Gasteiger partial charge in [-0.3, -0.25) is 14.3 Å². The van der Waals surface area contributed by atoms with Crippen molar-refractivity contribution in [2.75, 3.05) is 18.1 Å². The maximum Gasteiger partial charge on any atom is 0.275 e. The topological polar surface area (TPSA) is 101 Å². The monoisotopic (exact) mass is 485 g/mol. The summed E-state index contributed by atoms with van der Waals surface area (Å²) in [6.45, 7) is -2.68. The van der Waals surface area contributed by atoms with Gasteiger partial charge in [0.15, 0.2) is 21.3 Å². The first-order valence-corrected chi connectivity index (χ1v) is 12.5. The number of rotatable bonds is 5. The minimum atomic E-state index is -3.58. The molecule has 2 amide bonds. The number of carbonyl (C=O) groups excluding carboxylic acids is 2. The van der Waals surface area contributed by atoms with E-state index in [1.165, 1.54) is 22.9 Å². The first kappa shape index (κ1) is 18.8. The van der Waals surface area contributed by atoms with E-state index in [0.29, 0.717) is 16.9 Å². The van der Waals surface area contributed by atoms with E-state index in [1.807, 2.05) is 30.3 Å². The molecule has 1 fully saturated rings. The standard InChI is InChI=1S/C24H23FN4O4S/c1-28-20-9-8-15(34(2,32)33)10-17(20)16-11-18(16)21(24(28)31)26-23(30)22-19(25)13-29(27-22)12-14-6-4-3-5-7-14/h3-10,13,16,18,21H,11-12H2,1-2H3,(H,26,30)/t16-,18-,21-/m0/s1/i1D3. The van der Waals surface area contributed by atoms with E-state index in [9.17, 15) is 22.4 Å². The molecule has 0 unspecified atom stereocenters.